The number of rotatable bonds is 8. The van der Waals surface area contributed by atoms with Crippen molar-refractivity contribution < 1.29 is 18.9 Å². The molecule has 0 aliphatic carbocycles. The van der Waals surface area contributed by atoms with Crippen LogP contribution in [0.3, 0.4) is 0 Å². The number of aryl methyl sites for hydroxylation is 1. The number of aromatic nitrogens is 2. The monoisotopic (exact) mass is 427 g/mol. The number of non-ortho nitro benzene ring substituents is 1. The maximum atomic E-state index is 12.5. The average molecular weight is 427 g/mol. The van der Waals surface area contributed by atoms with Crippen molar-refractivity contribution in [2.75, 3.05) is 0 Å². The van der Waals surface area contributed by atoms with E-state index in [4.69, 9.17) is 21.4 Å². The van der Waals surface area contributed by atoms with Gasteiger partial charge in [-0.2, -0.15) is 0 Å². The fourth-order valence-electron chi connectivity index (χ4n) is 2.91. The van der Waals surface area contributed by atoms with Crippen LogP contribution in [0.5, 0.6) is 5.75 Å². The van der Waals surface area contributed by atoms with E-state index in [0.717, 1.165) is 16.9 Å². The Hall–Kier alpha value is -3.33. The fraction of sp³-hybridized carbons (Fsp3) is 0.286. The van der Waals surface area contributed by atoms with Gasteiger partial charge in [-0.05, 0) is 42.3 Å². The molecule has 2 aromatic carbocycles. The number of hydrogen-bond acceptors (Lipinski definition) is 7. The molecular formula is C21H21N3O5S. The molecule has 8 nitrogen and oxygen atoms in total. The van der Waals surface area contributed by atoms with Crippen LogP contribution in [0.15, 0.2) is 46.9 Å². The van der Waals surface area contributed by atoms with Gasteiger partial charge in [-0.15, -0.1) is 5.10 Å². The minimum atomic E-state index is -0.551. The van der Waals surface area contributed by atoms with E-state index in [1.807, 2.05) is 25.1 Å². The number of nitrogens with zero attached hydrogens (tertiary/aromatic N) is 3. The second-order valence-corrected chi connectivity index (χ2v) is 7.48. The molecule has 0 amide bonds. The number of Topliss-reactive ketones (excluding diaryl/α,β-unsaturated/α-hetero) is 1. The summed E-state index contributed by atoms with van der Waals surface area (Å²) in [7, 11) is 0. The van der Waals surface area contributed by atoms with Crippen LogP contribution in [0.1, 0.15) is 47.1 Å². The van der Waals surface area contributed by atoms with E-state index >= 15 is 0 Å². The number of hydrogen-bond donors (Lipinski definition) is 0. The highest BCUT2D eigenvalue weighted by Gasteiger charge is 2.16. The first-order valence-corrected chi connectivity index (χ1v) is 9.73. The van der Waals surface area contributed by atoms with Crippen molar-refractivity contribution in [2.24, 2.45) is 0 Å². The predicted octanol–water partition coefficient (Wildman–Crippen LogP) is 5.01. The third-order valence-electron chi connectivity index (χ3n) is 4.46. The molecule has 0 N–H and O–H groups in total. The summed E-state index contributed by atoms with van der Waals surface area (Å²) >= 11 is 5.15. The normalized spacial score (nSPS) is 10.9. The van der Waals surface area contributed by atoms with Crippen molar-refractivity contribution in [1.82, 2.24) is 9.78 Å². The van der Waals surface area contributed by atoms with Crippen molar-refractivity contribution in [2.45, 2.75) is 39.8 Å². The Morgan fingerprint density at radius 1 is 1.30 bits per heavy atom. The zero-order chi connectivity index (χ0) is 21.8. The highest BCUT2D eigenvalue weighted by Crippen LogP contribution is 2.28. The lowest BCUT2D eigenvalue weighted by Gasteiger charge is -2.13. The number of nitro groups is 1. The van der Waals surface area contributed by atoms with Gasteiger partial charge in [-0.3, -0.25) is 14.9 Å². The molecule has 0 aliphatic heterocycles. The third-order valence-corrected chi connectivity index (χ3v) is 4.76. The SMILES string of the molecule is Cc1ccc(C(C)C)c(OCc2nn(CC(=O)c3cccc([N+](=O)[O-])c3)c(=S)o2)c1. The first-order valence-electron chi connectivity index (χ1n) is 9.32. The predicted molar refractivity (Wildman–Crippen MR) is 112 cm³/mol. The van der Waals surface area contributed by atoms with Gasteiger partial charge < -0.3 is 9.15 Å². The van der Waals surface area contributed by atoms with E-state index in [2.05, 4.69) is 18.9 Å². The molecule has 0 saturated carbocycles. The van der Waals surface area contributed by atoms with Crippen LogP contribution in [-0.4, -0.2) is 20.5 Å². The summed E-state index contributed by atoms with van der Waals surface area (Å²) in [4.78, 5) is 22.9. The molecule has 0 bridgehead atoms. The number of carbonyl (C=O) groups excluding carboxylic acids is 1. The molecule has 0 fully saturated rings. The Labute approximate surface area is 178 Å². The second kappa shape index (κ2) is 9.00. The van der Waals surface area contributed by atoms with Gasteiger partial charge in [-0.1, -0.05) is 38.1 Å². The standard InChI is InChI=1S/C21H21N3O5S/c1-13(2)17-8-7-14(3)9-19(17)28-12-20-22-23(21(30)29-20)11-18(25)15-5-4-6-16(10-15)24(26)27/h4-10,13H,11-12H2,1-3H3. The summed E-state index contributed by atoms with van der Waals surface area (Å²) in [5.74, 6) is 0.907. The molecule has 9 heteroatoms. The van der Waals surface area contributed by atoms with Crippen molar-refractivity contribution in [3.8, 4) is 5.75 Å². The van der Waals surface area contributed by atoms with Crippen molar-refractivity contribution in [3.63, 3.8) is 0 Å². The lowest BCUT2D eigenvalue weighted by atomic mass is 10.0. The lowest BCUT2D eigenvalue weighted by molar-refractivity contribution is -0.384. The summed E-state index contributed by atoms with van der Waals surface area (Å²) < 4.78 is 12.6. The van der Waals surface area contributed by atoms with Gasteiger partial charge >= 0.3 is 0 Å². The van der Waals surface area contributed by atoms with Crippen molar-refractivity contribution in [3.05, 3.63) is 80.0 Å². The average Bonchev–Trinajstić information content (AvgIpc) is 3.05. The Morgan fingerprint density at radius 2 is 2.07 bits per heavy atom. The Bertz CT molecular complexity index is 1150. The minimum absolute atomic E-state index is 0.0284. The number of carbonyl (C=O) groups is 1. The number of ketones is 1. The first kappa shape index (κ1) is 21.4. The molecule has 0 atom stereocenters. The smallest absolute Gasteiger partial charge is 0.287 e. The quantitative estimate of drug-likeness (QED) is 0.216. The Morgan fingerprint density at radius 3 is 2.77 bits per heavy atom. The van der Waals surface area contributed by atoms with E-state index in [-0.39, 0.29) is 46.8 Å². The molecule has 30 heavy (non-hydrogen) atoms. The summed E-state index contributed by atoms with van der Waals surface area (Å²) in [6, 6.07) is 11.5. The van der Waals surface area contributed by atoms with Gasteiger partial charge in [0.1, 0.15) is 12.3 Å². The van der Waals surface area contributed by atoms with Crippen LogP contribution in [0.25, 0.3) is 0 Å². The molecular weight excluding hydrogens is 406 g/mol. The Kier molecular flexibility index (Phi) is 6.41. The summed E-state index contributed by atoms with van der Waals surface area (Å²) in [5, 5.41) is 15.1. The molecule has 3 aromatic rings. The van der Waals surface area contributed by atoms with Crippen LogP contribution in [0, 0.1) is 21.9 Å². The van der Waals surface area contributed by atoms with E-state index < -0.39 is 4.92 Å². The highest BCUT2D eigenvalue weighted by atomic mass is 32.1. The minimum Gasteiger partial charge on any atom is -0.484 e. The lowest BCUT2D eigenvalue weighted by Crippen LogP contribution is -2.12. The van der Waals surface area contributed by atoms with Gasteiger partial charge in [0, 0.05) is 17.7 Å². The molecule has 0 radical (unpaired) electrons. The fourth-order valence-corrected chi connectivity index (χ4v) is 3.11. The topological polar surface area (TPSA) is 100 Å². The van der Waals surface area contributed by atoms with E-state index in [0.29, 0.717) is 0 Å². The van der Waals surface area contributed by atoms with Crippen LogP contribution in [0.2, 0.25) is 0 Å². The first-order chi connectivity index (χ1) is 14.2. The largest absolute Gasteiger partial charge is 0.484 e. The summed E-state index contributed by atoms with van der Waals surface area (Å²) in [6.45, 7) is 6.02. The van der Waals surface area contributed by atoms with Gasteiger partial charge in [0.25, 0.3) is 16.4 Å². The Balaban J connectivity index is 1.73. The van der Waals surface area contributed by atoms with Crippen molar-refractivity contribution in [1.29, 1.82) is 0 Å². The maximum absolute atomic E-state index is 12.5. The number of benzene rings is 2. The number of nitro benzene ring substituents is 1. The number of ether oxygens (including phenoxy) is 1. The zero-order valence-corrected chi connectivity index (χ0v) is 17.6. The van der Waals surface area contributed by atoms with Crippen LogP contribution in [-0.2, 0) is 13.2 Å². The van der Waals surface area contributed by atoms with Crippen LogP contribution in [0.4, 0.5) is 5.69 Å². The van der Waals surface area contributed by atoms with Gasteiger partial charge in [0.2, 0.25) is 0 Å². The third kappa shape index (κ3) is 4.98. The van der Waals surface area contributed by atoms with Gasteiger partial charge in [0.15, 0.2) is 12.4 Å². The van der Waals surface area contributed by atoms with E-state index in [9.17, 15) is 14.9 Å². The summed E-state index contributed by atoms with van der Waals surface area (Å²) in [5.41, 5.74) is 2.19. The van der Waals surface area contributed by atoms with Gasteiger partial charge in [-0.25, -0.2) is 4.68 Å². The van der Waals surface area contributed by atoms with E-state index in [1.54, 1.807) is 0 Å². The molecule has 0 spiro atoms. The molecule has 1 heterocycles. The molecule has 0 unspecified atom stereocenters. The van der Waals surface area contributed by atoms with Gasteiger partial charge in [0.05, 0.1) is 4.92 Å². The summed E-state index contributed by atoms with van der Waals surface area (Å²) in [6.07, 6.45) is 0. The van der Waals surface area contributed by atoms with E-state index in [1.165, 1.54) is 28.9 Å². The zero-order valence-electron chi connectivity index (χ0n) is 16.8. The second-order valence-electron chi connectivity index (χ2n) is 7.13. The molecule has 1 aromatic heterocycles. The molecule has 0 saturated heterocycles. The van der Waals surface area contributed by atoms with Crippen LogP contribution >= 0.6 is 12.2 Å². The maximum Gasteiger partial charge on any atom is 0.287 e. The molecule has 0 aliphatic rings. The molecule has 3 rings (SSSR count). The van der Waals surface area contributed by atoms with Crippen LogP contribution < -0.4 is 4.74 Å². The van der Waals surface area contributed by atoms with Crippen molar-refractivity contribution >= 4 is 23.7 Å². The highest BCUT2D eigenvalue weighted by molar-refractivity contribution is 7.71. The molecule has 156 valence electrons.